The number of benzene rings is 2. The lowest BCUT2D eigenvalue weighted by atomic mass is 9.63. The monoisotopic (exact) mass is 456 g/mol. The van der Waals surface area contributed by atoms with Crippen molar-refractivity contribution in [2.75, 3.05) is 11.9 Å². The number of carbonyl (C=O) groups is 3. The number of amides is 3. The number of anilines is 1. The predicted octanol–water partition coefficient (Wildman–Crippen LogP) is 3.69. The average molecular weight is 457 g/mol. The molecule has 3 fully saturated rings. The van der Waals surface area contributed by atoms with Crippen LogP contribution in [0, 0.1) is 35.5 Å². The lowest BCUT2D eigenvalue weighted by molar-refractivity contribution is -0.146. The smallest absolute Gasteiger partial charge is 0.248 e. The molecular formula is C28H28N2O4. The molecule has 0 aromatic heterocycles. The van der Waals surface area contributed by atoms with Crippen LogP contribution >= 0.6 is 0 Å². The molecule has 1 saturated heterocycles. The molecule has 0 unspecified atom stereocenters. The third-order valence-electron chi connectivity index (χ3n) is 8.02. The van der Waals surface area contributed by atoms with Crippen LogP contribution in [0.2, 0.25) is 0 Å². The lowest BCUT2D eigenvalue weighted by Gasteiger charge is -2.37. The van der Waals surface area contributed by atoms with E-state index in [0.29, 0.717) is 24.1 Å². The summed E-state index contributed by atoms with van der Waals surface area (Å²) in [5.74, 6) is 0.698. The topological polar surface area (TPSA) is 75.7 Å². The average Bonchev–Trinajstić information content (AvgIpc) is 3.63. The molecule has 2 aromatic carbocycles. The van der Waals surface area contributed by atoms with Gasteiger partial charge in [-0.05, 0) is 66.8 Å². The van der Waals surface area contributed by atoms with Gasteiger partial charge < -0.3 is 10.1 Å². The minimum absolute atomic E-state index is 0.132. The van der Waals surface area contributed by atoms with E-state index in [1.165, 1.54) is 4.90 Å². The van der Waals surface area contributed by atoms with Crippen LogP contribution in [0.25, 0.3) is 0 Å². The van der Waals surface area contributed by atoms with Crippen molar-refractivity contribution in [2.24, 2.45) is 35.5 Å². The third kappa shape index (κ3) is 3.35. The number of nitrogens with one attached hydrogen (secondary N) is 1. The van der Waals surface area contributed by atoms with Crippen LogP contribution in [-0.2, 0) is 20.8 Å². The largest absolute Gasteiger partial charge is 0.494 e. The molecule has 2 aromatic rings. The standard InChI is InChI=1S/C28H28N2O4/c1-2-34-18-10-8-17(9-11-18)29-26(31)23(14-16-6-4-3-5-7-16)30-27(32)24-19-12-13-20(22-15-21(19)22)25(24)28(30)33/h3-13,19-25H,2,14-15H2,1H3,(H,29,31)/t19-,20-,21-,22-,23-,24-,25+/m1/s1. The van der Waals surface area contributed by atoms with Crippen molar-refractivity contribution in [3.8, 4) is 5.75 Å². The second-order valence-electron chi connectivity index (χ2n) is 9.85. The number of rotatable bonds is 7. The molecule has 0 spiro atoms. The molecule has 174 valence electrons. The van der Waals surface area contributed by atoms with Crippen LogP contribution in [0.5, 0.6) is 5.75 Å². The summed E-state index contributed by atoms with van der Waals surface area (Å²) in [6, 6.07) is 15.8. The van der Waals surface area contributed by atoms with E-state index in [9.17, 15) is 14.4 Å². The molecule has 7 atom stereocenters. The van der Waals surface area contributed by atoms with Gasteiger partial charge in [0.25, 0.3) is 0 Å². The maximum absolute atomic E-state index is 13.7. The van der Waals surface area contributed by atoms with Gasteiger partial charge in [0, 0.05) is 12.1 Å². The van der Waals surface area contributed by atoms with Gasteiger partial charge >= 0.3 is 0 Å². The summed E-state index contributed by atoms with van der Waals surface area (Å²) in [7, 11) is 0. The summed E-state index contributed by atoms with van der Waals surface area (Å²) < 4.78 is 5.48. The van der Waals surface area contributed by atoms with E-state index in [2.05, 4.69) is 17.5 Å². The summed E-state index contributed by atoms with van der Waals surface area (Å²) in [6.45, 7) is 2.47. The number of hydrogen-bond acceptors (Lipinski definition) is 4. The zero-order valence-corrected chi connectivity index (χ0v) is 19.1. The van der Waals surface area contributed by atoms with Gasteiger partial charge in [-0.25, -0.2) is 0 Å². The highest BCUT2D eigenvalue weighted by Crippen LogP contribution is 2.65. The second-order valence-corrected chi connectivity index (χ2v) is 9.85. The second kappa shape index (κ2) is 8.12. The Kier molecular flexibility index (Phi) is 5.05. The first-order valence-electron chi connectivity index (χ1n) is 12.2. The number of nitrogens with zero attached hydrogens (tertiary/aromatic N) is 1. The normalized spacial score (nSPS) is 31.1. The molecule has 1 heterocycles. The molecule has 6 nitrogen and oxygen atoms in total. The van der Waals surface area contributed by atoms with Crippen molar-refractivity contribution in [1.82, 2.24) is 4.90 Å². The molecule has 1 N–H and O–H groups in total. The van der Waals surface area contributed by atoms with Gasteiger partial charge in [0.15, 0.2) is 0 Å². The molecule has 6 heteroatoms. The Bertz CT molecular complexity index is 1120. The molecule has 7 rings (SSSR count). The Morgan fingerprint density at radius 1 is 0.971 bits per heavy atom. The minimum Gasteiger partial charge on any atom is -0.494 e. The molecule has 5 aliphatic rings. The SMILES string of the molecule is CCOc1ccc(NC(=O)[C@@H](Cc2ccccc2)N2C(=O)[C@@H]3[C@@H]4C=C[C@H]([C@H]5C[C@H]45)[C@@H]3C2=O)cc1. The van der Waals surface area contributed by atoms with Gasteiger partial charge in [-0.3, -0.25) is 19.3 Å². The van der Waals surface area contributed by atoms with Crippen LogP contribution < -0.4 is 10.1 Å². The molecule has 34 heavy (non-hydrogen) atoms. The number of allylic oxidation sites excluding steroid dienone is 2. The van der Waals surface area contributed by atoms with Crippen LogP contribution in [-0.4, -0.2) is 35.3 Å². The predicted molar refractivity (Wildman–Crippen MR) is 127 cm³/mol. The fourth-order valence-electron chi connectivity index (χ4n) is 6.45. The van der Waals surface area contributed by atoms with Gasteiger partial charge in [-0.1, -0.05) is 42.5 Å². The number of likely N-dealkylation sites (tertiary alicyclic amines) is 1. The third-order valence-corrected chi connectivity index (χ3v) is 8.02. The summed E-state index contributed by atoms with van der Waals surface area (Å²) in [5.41, 5.74) is 1.51. The molecule has 0 radical (unpaired) electrons. The fourth-order valence-corrected chi connectivity index (χ4v) is 6.45. The van der Waals surface area contributed by atoms with Crippen LogP contribution in [0.3, 0.4) is 0 Å². The summed E-state index contributed by atoms with van der Waals surface area (Å²) in [5, 5.41) is 2.93. The van der Waals surface area contributed by atoms with Crippen molar-refractivity contribution in [2.45, 2.75) is 25.8 Å². The number of hydrogen-bond donors (Lipinski definition) is 1. The Morgan fingerprint density at radius 3 is 2.18 bits per heavy atom. The molecule has 3 amide bonds. The van der Waals surface area contributed by atoms with E-state index in [1.807, 2.05) is 37.3 Å². The van der Waals surface area contributed by atoms with Gasteiger partial charge in [0.05, 0.1) is 18.4 Å². The maximum atomic E-state index is 13.7. The molecule has 2 bridgehead atoms. The van der Waals surface area contributed by atoms with Crippen molar-refractivity contribution < 1.29 is 19.1 Å². The number of imide groups is 1. The van der Waals surface area contributed by atoms with Crippen molar-refractivity contribution in [1.29, 1.82) is 0 Å². The Balaban J connectivity index is 1.29. The summed E-state index contributed by atoms with van der Waals surface area (Å²) in [4.78, 5) is 42.2. The zero-order valence-electron chi connectivity index (χ0n) is 19.1. The van der Waals surface area contributed by atoms with E-state index in [-0.39, 0.29) is 47.8 Å². The minimum atomic E-state index is -0.893. The van der Waals surface area contributed by atoms with E-state index in [0.717, 1.165) is 17.7 Å². The molecule has 2 saturated carbocycles. The van der Waals surface area contributed by atoms with Crippen LogP contribution in [0.1, 0.15) is 18.9 Å². The maximum Gasteiger partial charge on any atom is 0.248 e. The van der Waals surface area contributed by atoms with Crippen molar-refractivity contribution in [3.63, 3.8) is 0 Å². The highest BCUT2D eigenvalue weighted by atomic mass is 16.5. The number of ether oxygens (including phenoxy) is 1. The van der Waals surface area contributed by atoms with Gasteiger partial charge in [-0.2, -0.15) is 0 Å². The lowest BCUT2D eigenvalue weighted by Crippen LogP contribution is -2.49. The molecule has 4 aliphatic carbocycles. The summed E-state index contributed by atoms with van der Waals surface area (Å²) >= 11 is 0. The Labute approximate surface area is 199 Å². The van der Waals surface area contributed by atoms with E-state index in [4.69, 9.17) is 4.74 Å². The van der Waals surface area contributed by atoms with Crippen LogP contribution in [0.15, 0.2) is 66.7 Å². The zero-order chi connectivity index (χ0) is 23.4. The van der Waals surface area contributed by atoms with Crippen LogP contribution in [0.4, 0.5) is 5.69 Å². The van der Waals surface area contributed by atoms with E-state index >= 15 is 0 Å². The first kappa shape index (κ1) is 21.1. The quantitative estimate of drug-likeness (QED) is 0.509. The summed E-state index contributed by atoms with van der Waals surface area (Å²) in [6.07, 6.45) is 5.71. The van der Waals surface area contributed by atoms with Gasteiger partial charge in [0.1, 0.15) is 11.8 Å². The van der Waals surface area contributed by atoms with Gasteiger partial charge in [-0.15, -0.1) is 0 Å². The fraction of sp³-hybridized carbons (Fsp3) is 0.393. The van der Waals surface area contributed by atoms with Crippen molar-refractivity contribution >= 4 is 23.4 Å². The highest BCUT2D eigenvalue weighted by molar-refractivity contribution is 6.10. The number of carbonyl (C=O) groups excluding carboxylic acids is 3. The Morgan fingerprint density at radius 2 is 1.59 bits per heavy atom. The van der Waals surface area contributed by atoms with Gasteiger partial charge in [0.2, 0.25) is 17.7 Å². The first-order chi connectivity index (χ1) is 16.6. The molecule has 1 aliphatic heterocycles. The first-order valence-corrected chi connectivity index (χ1v) is 12.2. The Hall–Kier alpha value is -3.41. The molecular weight excluding hydrogens is 428 g/mol. The van der Waals surface area contributed by atoms with Crippen molar-refractivity contribution in [3.05, 3.63) is 72.3 Å². The van der Waals surface area contributed by atoms with E-state index in [1.54, 1.807) is 24.3 Å². The van der Waals surface area contributed by atoms with E-state index < -0.39 is 6.04 Å². The highest BCUT2D eigenvalue weighted by Gasteiger charge is 2.67.